The van der Waals surface area contributed by atoms with Crippen LogP contribution in [-0.2, 0) is 0 Å². The first-order valence-corrected chi connectivity index (χ1v) is 9.02. The molecule has 2 aliphatic rings. The number of hydrogen-bond donors (Lipinski definition) is 0. The summed E-state index contributed by atoms with van der Waals surface area (Å²) >= 11 is 0. The topological polar surface area (TPSA) is 49.9 Å². The molecule has 2 heterocycles. The molecule has 0 atom stereocenters. The number of imide groups is 1. The zero-order valence-corrected chi connectivity index (χ0v) is 14.9. The summed E-state index contributed by atoms with van der Waals surface area (Å²) in [5.74, 6) is 0.808. The minimum Gasteiger partial charge on any atom is -0.493 e. The van der Waals surface area contributed by atoms with E-state index < -0.39 is 0 Å². The van der Waals surface area contributed by atoms with Crippen LogP contribution < -0.4 is 9.64 Å². The van der Waals surface area contributed by atoms with Crippen molar-refractivity contribution >= 4 is 17.5 Å². The van der Waals surface area contributed by atoms with Crippen LogP contribution in [0.2, 0.25) is 0 Å². The number of rotatable bonds is 4. The smallest absolute Gasteiger partial charge is 0.266 e. The fourth-order valence-corrected chi connectivity index (χ4v) is 3.56. The summed E-state index contributed by atoms with van der Waals surface area (Å²) in [6.07, 6.45) is 2.31. The Hall–Kier alpha value is -2.66. The van der Waals surface area contributed by atoms with E-state index in [0.29, 0.717) is 29.3 Å². The van der Waals surface area contributed by atoms with Crippen molar-refractivity contribution in [2.75, 3.05) is 31.6 Å². The maximum atomic E-state index is 12.5. The number of fused-ring (bicyclic) bond motifs is 1. The lowest BCUT2D eigenvalue weighted by atomic mass is 9.98. The minimum absolute atomic E-state index is 0.273. The van der Waals surface area contributed by atoms with Crippen molar-refractivity contribution in [2.24, 2.45) is 5.92 Å². The number of ether oxygens (including phenoxy) is 1. The van der Waals surface area contributed by atoms with E-state index in [1.165, 1.54) is 4.90 Å². The minimum atomic E-state index is -0.273. The Balaban J connectivity index is 1.42. The largest absolute Gasteiger partial charge is 0.493 e. The molecule has 0 unspecified atom stereocenters. The molecule has 0 spiro atoms. The van der Waals surface area contributed by atoms with Crippen molar-refractivity contribution in [1.82, 2.24) is 4.90 Å². The van der Waals surface area contributed by atoms with E-state index >= 15 is 0 Å². The number of piperidine rings is 1. The molecule has 5 nitrogen and oxygen atoms in total. The van der Waals surface area contributed by atoms with Gasteiger partial charge >= 0.3 is 0 Å². The summed E-state index contributed by atoms with van der Waals surface area (Å²) in [6, 6.07) is 14.1. The Kier molecular flexibility index (Phi) is 4.47. The van der Waals surface area contributed by atoms with Crippen LogP contribution in [-0.4, -0.2) is 43.5 Å². The SMILES string of the molecule is CN1CCC(COc2ccc(N3C(=O)c4ccccc4C3=O)cc2)CC1. The van der Waals surface area contributed by atoms with Crippen LogP contribution in [0.5, 0.6) is 5.75 Å². The predicted molar refractivity (Wildman–Crippen MR) is 99.7 cm³/mol. The van der Waals surface area contributed by atoms with Crippen LogP contribution in [0.3, 0.4) is 0 Å². The third kappa shape index (κ3) is 3.10. The summed E-state index contributed by atoms with van der Waals surface area (Å²) in [6.45, 7) is 2.94. The van der Waals surface area contributed by atoms with Crippen molar-refractivity contribution in [3.8, 4) is 5.75 Å². The molecule has 0 bridgehead atoms. The predicted octanol–water partition coefficient (Wildman–Crippen LogP) is 3.21. The number of amides is 2. The molecule has 2 amide bonds. The third-order valence-electron chi connectivity index (χ3n) is 5.21. The molecule has 134 valence electrons. The number of likely N-dealkylation sites (tertiary alicyclic amines) is 1. The summed E-state index contributed by atoms with van der Waals surface area (Å²) in [4.78, 5) is 28.6. The number of carbonyl (C=O) groups is 2. The molecular formula is C21H22N2O3. The first-order chi connectivity index (χ1) is 12.6. The van der Waals surface area contributed by atoms with Gasteiger partial charge in [-0.3, -0.25) is 9.59 Å². The van der Waals surface area contributed by atoms with Crippen molar-refractivity contribution in [2.45, 2.75) is 12.8 Å². The van der Waals surface area contributed by atoms with Gasteiger partial charge in [-0.1, -0.05) is 12.1 Å². The third-order valence-corrected chi connectivity index (χ3v) is 5.21. The van der Waals surface area contributed by atoms with E-state index in [9.17, 15) is 9.59 Å². The van der Waals surface area contributed by atoms with Crippen LogP contribution >= 0.6 is 0 Å². The molecule has 2 aliphatic heterocycles. The molecule has 0 aromatic heterocycles. The van der Waals surface area contributed by atoms with E-state index in [4.69, 9.17) is 4.74 Å². The quantitative estimate of drug-likeness (QED) is 0.795. The number of nitrogens with zero attached hydrogens (tertiary/aromatic N) is 2. The summed E-state index contributed by atoms with van der Waals surface area (Å²) < 4.78 is 5.91. The van der Waals surface area contributed by atoms with Crippen molar-refractivity contribution in [1.29, 1.82) is 0 Å². The van der Waals surface area contributed by atoms with Gasteiger partial charge in [0.15, 0.2) is 0 Å². The highest BCUT2D eigenvalue weighted by atomic mass is 16.5. The highest BCUT2D eigenvalue weighted by Crippen LogP contribution is 2.29. The molecule has 0 aliphatic carbocycles. The van der Waals surface area contributed by atoms with Gasteiger partial charge in [-0.2, -0.15) is 0 Å². The highest BCUT2D eigenvalue weighted by molar-refractivity contribution is 6.34. The number of carbonyl (C=O) groups excluding carboxylic acids is 2. The summed E-state index contributed by atoms with van der Waals surface area (Å²) in [5.41, 5.74) is 1.49. The molecule has 2 aromatic rings. The van der Waals surface area contributed by atoms with E-state index in [1.807, 2.05) is 12.1 Å². The van der Waals surface area contributed by atoms with Crippen LogP contribution in [0.25, 0.3) is 0 Å². The lowest BCUT2D eigenvalue weighted by molar-refractivity contribution is 0.0926. The molecule has 26 heavy (non-hydrogen) atoms. The second-order valence-corrected chi connectivity index (χ2v) is 7.04. The summed E-state index contributed by atoms with van der Waals surface area (Å²) in [7, 11) is 2.15. The van der Waals surface area contributed by atoms with Gasteiger partial charge in [0.2, 0.25) is 0 Å². The second-order valence-electron chi connectivity index (χ2n) is 7.04. The number of benzene rings is 2. The van der Waals surface area contributed by atoms with Crippen LogP contribution in [0.1, 0.15) is 33.6 Å². The average Bonchev–Trinajstić information content (AvgIpc) is 2.93. The average molecular weight is 350 g/mol. The maximum absolute atomic E-state index is 12.5. The molecule has 2 aromatic carbocycles. The van der Waals surface area contributed by atoms with Gasteiger partial charge in [-0.15, -0.1) is 0 Å². The van der Waals surface area contributed by atoms with Crippen molar-refractivity contribution in [3.63, 3.8) is 0 Å². The summed E-state index contributed by atoms with van der Waals surface area (Å²) in [5, 5.41) is 0. The Morgan fingerprint density at radius 3 is 2.08 bits per heavy atom. The molecule has 1 fully saturated rings. The van der Waals surface area contributed by atoms with Crippen molar-refractivity contribution < 1.29 is 14.3 Å². The van der Waals surface area contributed by atoms with Gasteiger partial charge in [0.1, 0.15) is 5.75 Å². The molecule has 4 rings (SSSR count). The van der Waals surface area contributed by atoms with Gasteiger partial charge < -0.3 is 9.64 Å². The van der Waals surface area contributed by atoms with Crippen LogP contribution in [0.4, 0.5) is 5.69 Å². The van der Waals surface area contributed by atoms with E-state index in [1.54, 1.807) is 36.4 Å². The lowest BCUT2D eigenvalue weighted by Gasteiger charge is -2.28. The Bertz CT molecular complexity index is 788. The Morgan fingerprint density at radius 2 is 1.50 bits per heavy atom. The second kappa shape index (κ2) is 6.92. The Morgan fingerprint density at radius 1 is 0.923 bits per heavy atom. The highest BCUT2D eigenvalue weighted by Gasteiger charge is 2.36. The van der Waals surface area contributed by atoms with E-state index in [2.05, 4.69) is 11.9 Å². The zero-order chi connectivity index (χ0) is 18.1. The molecule has 0 N–H and O–H groups in total. The fourth-order valence-electron chi connectivity index (χ4n) is 3.56. The van der Waals surface area contributed by atoms with Crippen molar-refractivity contribution in [3.05, 3.63) is 59.7 Å². The molecule has 0 radical (unpaired) electrons. The Labute approximate surface area is 153 Å². The first-order valence-electron chi connectivity index (χ1n) is 9.02. The van der Waals surface area contributed by atoms with Gasteiger partial charge in [0.25, 0.3) is 11.8 Å². The van der Waals surface area contributed by atoms with Gasteiger partial charge in [-0.05, 0) is 75.3 Å². The number of anilines is 1. The first kappa shape index (κ1) is 16.8. The molecule has 5 heteroatoms. The molecular weight excluding hydrogens is 328 g/mol. The standard InChI is InChI=1S/C21H22N2O3/c1-22-12-10-15(11-13-22)14-26-17-8-6-16(7-9-17)23-20(24)18-4-2-3-5-19(18)21(23)25/h2-9,15H,10-14H2,1H3. The van der Waals surface area contributed by atoms with E-state index in [-0.39, 0.29) is 11.8 Å². The monoisotopic (exact) mass is 350 g/mol. The van der Waals surface area contributed by atoms with Gasteiger partial charge in [0, 0.05) is 0 Å². The fraction of sp³-hybridized carbons (Fsp3) is 0.333. The van der Waals surface area contributed by atoms with Crippen LogP contribution in [0, 0.1) is 5.92 Å². The lowest BCUT2D eigenvalue weighted by Crippen LogP contribution is -2.32. The van der Waals surface area contributed by atoms with Gasteiger partial charge in [-0.25, -0.2) is 4.90 Å². The maximum Gasteiger partial charge on any atom is 0.266 e. The molecule has 0 saturated carbocycles. The van der Waals surface area contributed by atoms with E-state index in [0.717, 1.165) is 31.7 Å². The van der Waals surface area contributed by atoms with Gasteiger partial charge in [0.05, 0.1) is 23.4 Å². The number of hydrogen-bond acceptors (Lipinski definition) is 4. The molecule has 1 saturated heterocycles. The zero-order valence-electron chi connectivity index (χ0n) is 14.9. The normalized spacial score (nSPS) is 18.3. The van der Waals surface area contributed by atoms with Crippen LogP contribution in [0.15, 0.2) is 48.5 Å².